The van der Waals surface area contributed by atoms with Gasteiger partial charge in [-0.05, 0) is 44.4 Å². The van der Waals surface area contributed by atoms with Gasteiger partial charge in [0.25, 0.3) is 0 Å². The van der Waals surface area contributed by atoms with Crippen molar-refractivity contribution in [2.75, 3.05) is 18.0 Å². The third kappa shape index (κ3) is 5.44. The van der Waals surface area contributed by atoms with Crippen molar-refractivity contribution in [2.24, 2.45) is 5.92 Å². The molecule has 2 aromatic carbocycles. The minimum atomic E-state index is -0.0567. The first-order chi connectivity index (χ1) is 15.1. The zero-order chi connectivity index (χ0) is 21.6. The fourth-order valence-electron chi connectivity index (χ4n) is 3.94. The van der Waals surface area contributed by atoms with Crippen LogP contribution in [0.2, 0.25) is 0 Å². The van der Waals surface area contributed by atoms with Crippen molar-refractivity contribution in [3.63, 3.8) is 0 Å². The lowest BCUT2D eigenvalue weighted by Crippen LogP contribution is -2.44. The molecule has 0 bridgehead atoms. The topological polar surface area (TPSA) is 58.1 Å². The first-order valence-corrected chi connectivity index (χ1v) is 11.6. The molecule has 0 aliphatic carbocycles. The molecule has 1 N–H and O–H groups in total. The molecule has 1 aromatic heterocycles. The Hall–Kier alpha value is -2.86. The molecule has 1 aliphatic rings. The zero-order valence-electron chi connectivity index (χ0n) is 18.0. The monoisotopic (exact) mass is 432 g/mol. The number of aryl methyl sites for hydroxylation is 1. The highest BCUT2D eigenvalue weighted by atomic mass is 32.2. The maximum absolute atomic E-state index is 13.0. The predicted molar refractivity (Wildman–Crippen MR) is 125 cm³/mol. The van der Waals surface area contributed by atoms with E-state index in [4.69, 9.17) is 0 Å². The van der Waals surface area contributed by atoms with Crippen molar-refractivity contribution < 1.29 is 4.79 Å². The molecule has 4 rings (SSSR count). The second kappa shape index (κ2) is 9.96. The molecular weight excluding hydrogens is 404 g/mol. The molecule has 1 saturated heterocycles. The molecule has 2 atom stereocenters. The summed E-state index contributed by atoms with van der Waals surface area (Å²) in [7, 11) is 0. The normalized spacial score (nSPS) is 17.2. The van der Waals surface area contributed by atoms with E-state index in [0.717, 1.165) is 40.7 Å². The van der Waals surface area contributed by atoms with Crippen LogP contribution in [0.5, 0.6) is 0 Å². The molecule has 0 unspecified atom stereocenters. The molecule has 0 saturated carbocycles. The van der Waals surface area contributed by atoms with E-state index < -0.39 is 0 Å². The average molecular weight is 433 g/mol. The second-order valence-electron chi connectivity index (χ2n) is 8.03. The van der Waals surface area contributed by atoms with E-state index in [1.165, 1.54) is 5.56 Å². The number of hydrogen-bond donors (Lipinski definition) is 1. The SMILES string of the molecule is Cc1cccc(Sc2nccnc2N2CCC[C@@H](C(=O)N[C@@H](C)c3ccccc3)C2)c1. The van der Waals surface area contributed by atoms with E-state index in [1.807, 2.05) is 37.3 Å². The summed E-state index contributed by atoms with van der Waals surface area (Å²) >= 11 is 1.62. The number of benzene rings is 2. The number of anilines is 1. The Bertz CT molecular complexity index is 1030. The van der Waals surface area contributed by atoms with E-state index in [1.54, 1.807) is 24.2 Å². The predicted octanol–water partition coefficient (Wildman–Crippen LogP) is 5.03. The van der Waals surface area contributed by atoms with Gasteiger partial charge in [0.15, 0.2) is 5.82 Å². The Morgan fingerprint density at radius 3 is 2.74 bits per heavy atom. The number of nitrogens with one attached hydrogen (secondary N) is 1. The molecule has 0 spiro atoms. The van der Waals surface area contributed by atoms with Crippen LogP contribution in [-0.4, -0.2) is 29.0 Å². The molecule has 1 aliphatic heterocycles. The molecule has 3 aromatic rings. The van der Waals surface area contributed by atoms with Crippen LogP contribution in [0, 0.1) is 12.8 Å². The lowest BCUT2D eigenvalue weighted by molar-refractivity contribution is -0.125. The molecule has 160 valence electrons. The third-order valence-corrected chi connectivity index (χ3v) is 6.57. The van der Waals surface area contributed by atoms with Gasteiger partial charge in [0.1, 0.15) is 5.03 Å². The fourth-order valence-corrected chi connectivity index (χ4v) is 4.94. The molecule has 5 nitrogen and oxygen atoms in total. The number of amides is 1. The number of hydrogen-bond acceptors (Lipinski definition) is 5. The Kier molecular flexibility index (Phi) is 6.87. The second-order valence-corrected chi connectivity index (χ2v) is 9.09. The van der Waals surface area contributed by atoms with Crippen LogP contribution in [0.4, 0.5) is 5.82 Å². The summed E-state index contributed by atoms with van der Waals surface area (Å²) in [5.74, 6) is 0.916. The molecule has 6 heteroatoms. The number of nitrogens with zero attached hydrogens (tertiary/aromatic N) is 3. The first kappa shape index (κ1) is 21.4. The van der Waals surface area contributed by atoms with E-state index in [0.29, 0.717) is 6.54 Å². The highest BCUT2D eigenvalue weighted by Crippen LogP contribution is 2.34. The van der Waals surface area contributed by atoms with Crippen LogP contribution in [-0.2, 0) is 4.79 Å². The van der Waals surface area contributed by atoms with Gasteiger partial charge in [-0.25, -0.2) is 9.97 Å². The highest BCUT2D eigenvalue weighted by molar-refractivity contribution is 7.99. The van der Waals surface area contributed by atoms with Crippen molar-refractivity contribution in [1.29, 1.82) is 0 Å². The van der Waals surface area contributed by atoms with Gasteiger partial charge in [-0.1, -0.05) is 59.8 Å². The number of piperidine rings is 1. The van der Waals surface area contributed by atoms with Crippen molar-refractivity contribution in [3.8, 4) is 0 Å². The Morgan fingerprint density at radius 1 is 1.13 bits per heavy atom. The minimum Gasteiger partial charge on any atom is -0.354 e. The summed E-state index contributed by atoms with van der Waals surface area (Å²) in [6.07, 6.45) is 5.32. The zero-order valence-corrected chi connectivity index (χ0v) is 18.8. The molecule has 2 heterocycles. The van der Waals surface area contributed by atoms with Gasteiger partial charge in [-0.3, -0.25) is 4.79 Å². The lowest BCUT2D eigenvalue weighted by atomic mass is 9.96. The summed E-state index contributed by atoms with van der Waals surface area (Å²) in [5, 5.41) is 4.07. The molecule has 0 radical (unpaired) electrons. The van der Waals surface area contributed by atoms with E-state index >= 15 is 0 Å². The summed E-state index contributed by atoms with van der Waals surface area (Å²) < 4.78 is 0. The number of rotatable bonds is 6. The van der Waals surface area contributed by atoms with Crippen molar-refractivity contribution in [2.45, 2.75) is 42.7 Å². The maximum Gasteiger partial charge on any atom is 0.225 e. The Morgan fingerprint density at radius 2 is 1.94 bits per heavy atom. The van der Waals surface area contributed by atoms with Gasteiger partial charge in [0.2, 0.25) is 5.91 Å². The van der Waals surface area contributed by atoms with Crippen LogP contribution in [0.3, 0.4) is 0 Å². The van der Waals surface area contributed by atoms with Crippen LogP contribution in [0.15, 0.2) is 76.9 Å². The van der Waals surface area contributed by atoms with Crippen molar-refractivity contribution in [3.05, 3.63) is 78.1 Å². The summed E-state index contributed by atoms with van der Waals surface area (Å²) in [6, 6.07) is 18.5. The van der Waals surface area contributed by atoms with Crippen LogP contribution in [0.25, 0.3) is 0 Å². The quantitative estimate of drug-likeness (QED) is 0.592. The van der Waals surface area contributed by atoms with Crippen molar-refractivity contribution in [1.82, 2.24) is 15.3 Å². The van der Waals surface area contributed by atoms with E-state index in [-0.39, 0.29) is 17.9 Å². The average Bonchev–Trinajstić information content (AvgIpc) is 2.80. The molecule has 1 amide bonds. The van der Waals surface area contributed by atoms with Gasteiger partial charge in [0, 0.05) is 30.4 Å². The van der Waals surface area contributed by atoms with Gasteiger partial charge < -0.3 is 10.2 Å². The van der Waals surface area contributed by atoms with Gasteiger partial charge >= 0.3 is 0 Å². The molecular formula is C25H28N4OS. The Labute approximate surface area is 188 Å². The van der Waals surface area contributed by atoms with Gasteiger partial charge in [-0.15, -0.1) is 0 Å². The number of carbonyl (C=O) groups excluding carboxylic acids is 1. The Balaban J connectivity index is 1.45. The molecule has 31 heavy (non-hydrogen) atoms. The minimum absolute atomic E-state index is 0.00645. The fraction of sp³-hybridized carbons (Fsp3) is 0.320. The number of aromatic nitrogens is 2. The maximum atomic E-state index is 13.0. The number of carbonyl (C=O) groups is 1. The van der Waals surface area contributed by atoms with E-state index in [2.05, 4.69) is 51.4 Å². The van der Waals surface area contributed by atoms with Gasteiger partial charge in [0.05, 0.1) is 12.0 Å². The van der Waals surface area contributed by atoms with Crippen LogP contribution >= 0.6 is 11.8 Å². The summed E-state index contributed by atoms with van der Waals surface area (Å²) in [6.45, 7) is 5.67. The largest absolute Gasteiger partial charge is 0.354 e. The standard InChI is InChI=1S/C25H28N4OS/c1-18-8-6-12-22(16-18)31-25-23(26-13-14-27-25)29-15-7-11-21(17-29)24(30)28-19(2)20-9-4-3-5-10-20/h3-6,8-10,12-14,16,19,21H,7,11,15,17H2,1-2H3,(H,28,30)/t19-,21+/m0/s1. The van der Waals surface area contributed by atoms with Gasteiger partial charge in [-0.2, -0.15) is 0 Å². The van der Waals surface area contributed by atoms with Crippen molar-refractivity contribution >= 4 is 23.5 Å². The summed E-state index contributed by atoms with van der Waals surface area (Å²) in [4.78, 5) is 25.6. The van der Waals surface area contributed by atoms with Crippen LogP contribution < -0.4 is 10.2 Å². The summed E-state index contributed by atoms with van der Waals surface area (Å²) in [5.41, 5.74) is 2.34. The smallest absolute Gasteiger partial charge is 0.225 e. The highest BCUT2D eigenvalue weighted by Gasteiger charge is 2.29. The van der Waals surface area contributed by atoms with Crippen LogP contribution in [0.1, 0.15) is 36.9 Å². The lowest BCUT2D eigenvalue weighted by Gasteiger charge is -2.34. The molecule has 1 fully saturated rings. The van der Waals surface area contributed by atoms with E-state index in [9.17, 15) is 4.79 Å². The third-order valence-electron chi connectivity index (χ3n) is 5.60. The first-order valence-electron chi connectivity index (χ1n) is 10.8.